The molecular weight excluding hydrogens is 396 g/mol. The quantitative estimate of drug-likeness (QED) is 0.492. The van der Waals surface area contributed by atoms with E-state index >= 15 is 0 Å². The largest absolute Gasteiger partial charge is 0.497 e. The number of amides is 2. The first-order chi connectivity index (χ1) is 15.1. The maximum atomic E-state index is 12.0. The zero-order chi connectivity index (χ0) is 21.9. The van der Waals surface area contributed by atoms with E-state index in [4.69, 9.17) is 9.26 Å². The maximum Gasteiger partial charge on any atom is 0.226 e. The number of nitrogens with zero attached hydrogens (tertiary/aromatic N) is 2. The van der Waals surface area contributed by atoms with E-state index < -0.39 is 0 Å². The molecule has 0 aliphatic heterocycles. The van der Waals surface area contributed by atoms with Crippen LogP contribution in [0.4, 0.5) is 0 Å². The number of aryl methyl sites for hydroxylation is 1. The summed E-state index contributed by atoms with van der Waals surface area (Å²) in [6, 6.07) is 17.1. The van der Waals surface area contributed by atoms with Crippen molar-refractivity contribution in [1.29, 1.82) is 0 Å². The van der Waals surface area contributed by atoms with E-state index in [1.165, 1.54) is 0 Å². The number of hydrogen-bond donors (Lipinski definition) is 2. The molecule has 3 rings (SSSR count). The maximum absolute atomic E-state index is 12.0. The zero-order valence-corrected chi connectivity index (χ0v) is 17.5. The van der Waals surface area contributed by atoms with Gasteiger partial charge in [-0.2, -0.15) is 4.98 Å². The van der Waals surface area contributed by atoms with Crippen LogP contribution in [0.25, 0.3) is 11.4 Å². The number of carbonyl (C=O) groups excluding carboxylic acids is 2. The number of carbonyl (C=O) groups is 2. The fraction of sp³-hybridized carbons (Fsp3) is 0.304. The first kappa shape index (κ1) is 22.0. The minimum absolute atomic E-state index is 0.0962. The van der Waals surface area contributed by atoms with Crippen molar-refractivity contribution < 1.29 is 18.8 Å². The van der Waals surface area contributed by atoms with Crippen LogP contribution >= 0.6 is 0 Å². The van der Waals surface area contributed by atoms with Crippen LogP contribution in [0.15, 0.2) is 59.1 Å². The van der Waals surface area contributed by atoms with Crippen LogP contribution in [0.1, 0.15) is 30.7 Å². The number of aromatic nitrogens is 2. The Balaban J connectivity index is 1.30. The van der Waals surface area contributed by atoms with Gasteiger partial charge in [-0.05, 0) is 36.2 Å². The van der Waals surface area contributed by atoms with Crippen LogP contribution in [0.5, 0.6) is 5.75 Å². The topological polar surface area (TPSA) is 106 Å². The number of ether oxygens (including phenoxy) is 1. The molecule has 0 aliphatic rings. The minimum atomic E-state index is -0.106. The zero-order valence-electron chi connectivity index (χ0n) is 17.5. The molecule has 0 radical (unpaired) electrons. The van der Waals surface area contributed by atoms with E-state index in [-0.39, 0.29) is 18.2 Å². The van der Waals surface area contributed by atoms with Gasteiger partial charge in [0.05, 0.1) is 7.11 Å². The number of hydrogen-bond acceptors (Lipinski definition) is 6. The molecule has 2 amide bonds. The Morgan fingerprint density at radius 2 is 1.71 bits per heavy atom. The van der Waals surface area contributed by atoms with Crippen LogP contribution in [-0.4, -0.2) is 35.6 Å². The van der Waals surface area contributed by atoms with Crippen LogP contribution in [0, 0.1) is 0 Å². The van der Waals surface area contributed by atoms with E-state index in [2.05, 4.69) is 20.8 Å². The smallest absolute Gasteiger partial charge is 0.226 e. The van der Waals surface area contributed by atoms with Crippen molar-refractivity contribution in [2.75, 3.05) is 13.7 Å². The molecule has 8 heteroatoms. The van der Waals surface area contributed by atoms with E-state index in [1.807, 2.05) is 54.6 Å². The Labute approximate surface area is 181 Å². The van der Waals surface area contributed by atoms with Crippen molar-refractivity contribution in [2.24, 2.45) is 0 Å². The van der Waals surface area contributed by atoms with Crippen molar-refractivity contribution in [3.8, 4) is 17.1 Å². The molecule has 2 aromatic carbocycles. The molecule has 0 bridgehead atoms. The molecule has 0 atom stereocenters. The predicted molar refractivity (Wildman–Crippen MR) is 115 cm³/mol. The first-order valence-electron chi connectivity index (χ1n) is 10.2. The summed E-state index contributed by atoms with van der Waals surface area (Å²) in [5.74, 6) is 1.54. The van der Waals surface area contributed by atoms with Crippen molar-refractivity contribution in [3.63, 3.8) is 0 Å². The van der Waals surface area contributed by atoms with Gasteiger partial charge in [0.2, 0.25) is 23.5 Å². The van der Waals surface area contributed by atoms with Gasteiger partial charge in [-0.1, -0.05) is 35.5 Å². The number of nitrogens with one attached hydrogen (secondary N) is 2. The average Bonchev–Trinajstić information content (AvgIpc) is 3.27. The summed E-state index contributed by atoms with van der Waals surface area (Å²) in [5.41, 5.74) is 1.87. The minimum Gasteiger partial charge on any atom is -0.497 e. The summed E-state index contributed by atoms with van der Waals surface area (Å²) in [6.45, 7) is 0.790. The van der Waals surface area contributed by atoms with Gasteiger partial charge in [-0.25, -0.2) is 0 Å². The van der Waals surface area contributed by atoms with E-state index in [0.717, 1.165) is 16.9 Å². The molecule has 0 saturated heterocycles. The number of benzene rings is 2. The molecule has 8 nitrogen and oxygen atoms in total. The first-order valence-corrected chi connectivity index (χ1v) is 10.2. The van der Waals surface area contributed by atoms with E-state index in [9.17, 15) is 9.59 Å². The lowest BCUT2D eigenvalue weighted by Gasteiger charge is -2.06. The molecule has 0 spiro atoms. The van der Waals surface area contributed by atoms with Crippen LogP contribution < -0.4 is 15.4 Å². The molecule has 1 heterocycles. The Morgan fingerprint density at radius 1 is 0.968 bits per heavy atom. The van der Waals surface area contributed by atoms with Gasteiger partial charge in [0.1, 0.15) is 5.75 Å². The third-order valence-corrected chi connectivity index (χ3v) is 4.62. The molecule has 0 saturated carbocycles. The molecule has 0 fully saturated rings. The third kappa shape index (κ3) is 7.26. The summed E-state index contributed by atoms with van der Waals surface area (Å²) in [6.07, 6.45) is 1.66. The standard InChI is InChI=1S/C23H26N4O4/c1-30-19-12-10-18(11-13-19)23-26-22(31-27-23)9-5-8-20(28)24-15-14-21(29)25-16-17-6-3-2-4-7-17/h2-4,6-7,10-13H,5,8-9,14-16H2,1H3,(H,24,28)(H,25,29). The van der Waals surface area contributed by atoms with Gasteiger partial charge in [-0.3, -0.25) is 9.59 Å². The molecule has 0 aliphatic carbocycles. The monoisotopic (exact) mass is 422 g/mol. The Kier molecular flexibility index (Phi) is 8.16. The second-order valence-corrected chi connectivity index (χ2v) is 6.96. The third-order valence-electron chi connectivity index (χ3n) is 4.62. The van der Waals surface area contributed by atoms with Gasteiger partial charge < -0.3 is 19.9 Å². The van der Waals surface area contributed by atoms with E-state index in [1.54, 1.807) is 7.11 Å². The van der Waals surface area contributed by atoms with Crippen molar-refractivity contribution in [1.82, 2.24) is 20.8 Å². The molecule has 31 heavy (non-hydrogen) atoms. The fourth-order valence-electron chi connectivity index (χ4n) is 2.90. The second-order valence-electron chi connectivity index (χ2n) is 6.96. The summed E-state index contributed by atoms with van der Waals surface area (Å²) in [5, 5.41) is 9.57. The SMILES string of the molecule is COc1ccc(-c2noc(CCCC(=O)NCCC(=O)NCc3ccccc3)n2)cc1. The summed E-state index contributed by atoms with van der Waals surface area (Å²) in [4.78, 5) is 28.2. The van der Waals surface area contributed by atoms with Gasteiger partial charge >= 0.3 is 0 Å². The lowest BCUT2D eigenvalue weighted by Crippen LogP contribution is -2.30. The van der Waals surface area contributed by atoms with Gasteiger partial charge in [0, 0.05) is 37.9 Å². The van der Waals surface area contributed by atoms with Crippen LogP contribution in [-0.2, 0) is 22.6 Å². The van der Waals surface area contributed by atoms with Crippen molar-refractivity contribution in [3.05, 3.63) is 66.1 Å². The van der Waals surface area contributed by atoms with Gasteiger partial charge in [0.15, 0.2) is 0 Å². The molecule has 3 aromatic rings. The average molecular weight is 422 g/mol. The number of rotatable bonds is 11. The predicted octanol–water partition coefficient (Wildman–Crippen LogP) is 2.89. The lowest BCUT2D eigenvalue weighted by atomic mass is 10.2. The highest BCUT2D eigenvalue weighted by Crippen LogP contribution is 2.20. The Hall–Kier alpha value is -3.68. The Morgan fingerprint density at radius 3 is 2.45 bits per heavy atom. The van der Waals surface area contributed by atoms with Crippen molar-refractivity contribution >= 4 is 11.8 Å². The normalized spacial score (nSPS) is 10.5. The highest BCUT2D eigenvalue weighted by molar-refractivity contribution is 5.78. The van der Waals surface area contributed by atoms with Gasteiger partial charge in [-0.15, -0.1) is 0 Å². The van der Waals surface area contributed by atoms with Gasteiger partial charge in [0.25, 0.3) is 0 Å². The number of methoxy groups -OCH3 is 1. The van der Waals surface area contributed by atoms with Crippen molar-refractivity contribution in [2.45, 2.75) is 32.2 Å². The molecule has 2 N–H and O–H groups in total. The Bertz CT molecular complexity index is 971. The highest BCUT2D eigenvalue weighted by atomic mass is 16.5. The van der Waals surface area contributed by atoms with E-state index in [0.29, 0.717) is 44.1 Å². The summed E-state index contributed by atoms with van der Waals surface area (Å²) in [7, 11) is 1.61. The molecule has 0 unspecified atom stereocenters. The lowest BCUT2D eigenvalue weighted by molar-refractivity contribution is -0.122. The molecule has 162 valence electrons. The fourth-order valence-corrected chi connectivity index (χ4v) is 2.90. The van der Waals surface area contributed by atoms with Crippen LogP contribution in [0.3, 0.4) is 0 Å². The van der Waals surface area contributed by atoms with Crippen LogP contribution in [0.2, 0.25) is 0 Å². The molecule has 1 aromatic heterocycles. The highest BCUT2D eigenvalue weighted by Gasteiger charge is 2.10. The second kappa shape index (κ2) is 11.5. The summed E-state index contributed by atoms with van der Waals surface area (Å²) < 4.78 is 10.4. The summed E-state index contributed by atoms with van der Waals surface area (Å²) >= 11 is 0. The molecular formula is C23H26N4O4.